The van der Waals surface area contributed by atoms with Crippen LogP contribution >= 0.6 is 0 Å². The molecule has 0 bridgehead atoms. The van der Waals surface area contributed by atoms with Crippen molar-refractivity contribution in [2.75, 3.05) is 31.1 Å². The SMILES string of the molecule is CC1CCCN(c2ccc(C(=O)OCC(=O)NCC(F)(F)F)cc2[N+](=O)[O-])C1. The van der Waals surface area contributed by atoms with E-state index in [-0.39, 0.29) is 11.3 Å². The van der Waals surface area contributed by atoms with Crippen LogP contribution in [0.5, 0.6) is 0 Å². The van der Waals surface area contributed by atoms with Gasteiger partial charge in [0.1, 0.15) is 12.2 Å². The van der Waals surface area contributed by atoms with Crippen molar-refractivity contribution in [3.8, 4) is 0 Å². The van der Waals surface area contributed by atoms with Crippen LogP contribution in [0.2, 0.25) is 0 Å². The lowest BCUT2D eigenvalue weighted by atomic mass is 9.99. The van der Waals surface area contributed by atoms with Crippen LogP contribution in [0.3, 0.4) is 0 Å². The highest BCUT2D eigenvalue weighted by molar-refractivity contribution is 5.93. The number of esters is 1. The van der Waals surface area contributed by atoms with Crippen LogP contribution in [-0.2, 0) is 9.53 Å². The third-order valence-corrected chi connectivity index (χ3v) is 4.23. The van der Waals surface area contributed by atoms with Gasteiger partial charge in [0.25, 0.3) is 11.6 Å². The number of ether oxygens (including phenoxy) is 1. The predicted molar refractivity (Wildman–Crippen MR) is 93.1 cm³/mol. The molecule has 1 fully saturated rings. The summed E-state index contributed by atoms with van der Waals surface area (Å²) in [4.78, 5) is 36.0. The van der Waals surface area contributed by atoms with Crippen molar-refractivity contribution in [2.45, 2.75) is 25.9 Å². The predicted octanol–water partition coefficient (Wildman–Crippen LogP) is 2.67. The Morgan fingerprint density at radius 2 is 2.11 bits per heavy atom. The van der Waals surface area contributed by atoms with Gasteiger partial charge in [0.2, 0.25) is 0 Å². The molecular weight excluding hydrogens is 383 g/mol. The molecule has 0 aliphatic carbocycles. The Bertz CT molecular complexity index is 754. The third kappa shape index (κ3) is 6.10. The van der Waals surface area contributed by atoms with Crippen molar-refractivity contribution in [1.82, 2.24) is 5.32 Å². The number of piperidine rings is 1. The number of carbonyl (C=O) groups is 2. The summed E-state index contributed by atoms with van der Waals surface area (Å²) in [7, 11) is 0. The molecule has 1 unspecified atom stereocenters. The van der Waals surface area contributed by atoms with Gasteiger partial charge in [0.15, 0.2) is 6.61 Å². The fraction of sp³-hybridized carbons (Fsp3) is 0.529. The van der Waals surface area contributed by atoms with E-state index in [4.69, 9.17) is 0 Å². The molecule has 1 aromatic carbocycles. The molecule has 154 valence electrons. The van der Waals surface area contributed by atoms with Crippen LogP contribution < -0.4 is 10.2 Å². The largest absolute Gasteiger partial charge is 0.452 e. The van der Waals surface area contributed by atoms with Crippen molar-refractivity contribution in [3.63, 3.8) is 0 Å². The van der Waals surface area contributed by atoms with E-state index in [1.807, 2.05) is 11.8 Å². The van der Waals surface area contributed by atoms with Gasteiger partial charge in [-0.2, -0.15) is 13.2 Å². The van der Waals surface area contributed by atoms with Crippen molar-refractivity contribution >= 4 is 23.3 Å². The second kappa shape index (κ2) is 8.89. The summed E-state index contributed by atoms with van der Waals surface area (Å²) in [6, 6.07) is 3.82. The van der Waals surface area contributed by atoms with E-state index in [0.29, 0.717) is 24.7 Å². The first-order valence-electron chi connectivity index (χ1n) is 8.61. The van der Waals surface area contributed by atoms with Crippen molar-refractivity contribution in [2.24, 2.45) is 5.92 Å². The van der Waals surface area contributed by atoms with Crippen LogP contribution in [0.25, 0.3) is 0 Å². The number of benzene rings is 1. The molecule has 1 atom stereocenters. The van der Waals surface area contributed by atoms with Crippen molar-refractivity contribution < 1.29 is 32.4 Å². The number of rotatable bonds is 6. The average Bonchev–Trinajstić information content (AvgIpc) is 2.63. The van der Waals surface area contributed by atoms with E-state index in [1.165, 1.54) is 12.1 Å². The maximum absolute atomic E-state index is 12.0. The molecule has 0 spiro atoms. The fourth-order valence-electron chi connectivity index (χ4n) is 2.94. The minimum absolute atomic E-state index is 0.163. The molecule has 28 heavy (non-hydrogen) atoms. The third-order valence-electron chi connectivity index (χ3n) is 4.23. The van der Waals surface area contributed by atoms with Crippen molar-refractivity contribution in [3.05, 3.63) is 33.9 Å². The van der Waals surface area contributed by atoms with Crippen molar-refractivity contribution in [1.29, 1.82) is 0 Å². The Hall–Kier alpha value is -2.85. The number of nitrogens with one attached hydrogen (secondary N) is 1. The van der Waals surface area contributed by atoms with Gasteiger partial charge in [-0.25, -0.2) is 4.79 Å². The maximum atomic E-state index is 12.0. The summed E-state index contributed by atoms with van der Waals surface area (Å²) in [5, 5.41) is 13.0. The first-order chi connectivity index (χ1) is 13.1. The highest BCUT2D eigenvalue weighted by Gasteiger charge is 2.28. The standard InChI is InChI=1S/C17H20F3N3O5/c1-11-3-2-6-22(8-11)13-5-4-12(7-14(13)23(26)27)16(25)28-9-15(24)21-10-17(18,19)20/h4-5,7,11H,2-3,6,8-10H2,1H3,(H,21,24). The van der Waals surface area contributed by atoms with Gasteiger partial charge in [-0.1, -0.05) is 6.92 Å². The zero-order valence-corrected chi connectivity index (χ0v) is 15.1. The zero-order chi connectivity index (χ0) is 20.9. The molecule has 1 aliphatic heterocycles. The lowest BCUT2D eigenvalue weighted by Gasteiger charge is -2.32. The van der Waals surface area contributed by atoms with E-state index in [9.17, 15) is 32.9 Å². The highest BCUT2D eigenvalue weighted by atomic mass is 19.4. The Morgan fingerprint density at radius 1 is 1.39 bits per heavy atom. The molecule has 1 aromatic rings. The molecule has 8 nitrogen and oxygen atoms in total. The van der Waals surface area contributed by atoms with Crippen LogP contribution in [0.1, 0.15) is 30.1 Å². The Morgan fingerprint density at radius 3 is 2.71 bits per heavy atom. The Balaban J connectivity index is 2.05. The number of anilines is 1. The molecule has 2 rings (SSSR count). The first-order valence-corrected chi connectivity index (χ1v) is 8.61. The number of nitro benzene ring substituents is 1. The van der Waals surface area contributed by atoms with E-state index < -0.39 is 36.1 Å². The number of alkyl halides is 3. The number of hydrogen-bond acceptors (Lipinski definition) is 6. The molecule has 0 aromatic heterocycles. The molecule has 0 saturated carbocycles. The molecule has 11 heteroatoms. The van der Waals surface area contributed by atoms with Gasteiger partial charge in [-0.15, -0.1) is 0 Å². The summed E-state index contributed by atoms with van der Waals surface area (Å²) >= 11 is 0. The molecule has 1 amide bonds. The zero-order valence-electron chi connectivity index (χ0n) is 15.1. The van der Waals surface area contributed by atoms with Crippen LogP contribution in [-0.4, -0.2) is 49.2 Å². The number of halogens is 3. The van der Waals surface area contributed by atoms with Gasteiger partial charge >= 0.3 is 12.1 Å². The fourth-order valence-corrected chi connectivity index (χ4v) is 2.94. The van der Waals surface area contributed by atoms with Gasteiger partial charge in [0.05, 0.1) is 10.5 Å². The summed E-state index contributed by atoms with van der Waals surface area (Å²) < 4.78 is 40.7. The minimum atomic E-state index is -4.58. The Kier molecular flexibility index (Phi) is 6.81. The normalized spacial score (nSPS) is 17.1. The smallest absolute Gasteiger partial charge is 0.405 e. The minimum Gasteiger partial charge on any atom is -0.452 e. The topological polar surface area (TPSA) is 102 Å². The summed E-state index contributed by atoms with van der Waals surface area (Å²) in [6.45, 7) is 0.901. The van der Waals surface area contributed by atoms with Crippen LogP contribution in [0.15, 0.2) is 18.2 Å². The number of hydrogen-bond donors (Lipinski definition) is 1. The number of carbonyl (C=O) groups excluding carboxylic acids is 2. The van der Waals surface area contributed by atoms with Gasteiger partial charge in [-0.3, -0.25) is 14.9 Å². The molecule has 1 aliphatic rings. The lowest BCUT2D eigenvalue weighted by Crippen LogP contribution is -2.36. The molecule has 1 saturated heterocycles. The van der Waals surface area contributed by atoms with Crippen LogP contribution in [0.4, 0.5) is 24.5 Å². The summed E-state index contributed by atoms with van der Waals surface area (Å²) in [6.07, 6.45) is -2.65. The summed E-state index contributed by atoms with van der Waals surface area (Å²) in [5.74, 6) is -1.78. The van der Waals surface area contributed by atoms with E-state index >= 15 is 0 Å². The maximum Gasteiger partial charge on any atom is 0.405 e. The molecule has 1 heterocycles. The molecule has 0 radical (unpaired) electrons. The lowest BCUT2D eigenvalue weighted by molar-refractivity contribution is -0.384. The number of amides is 1. The average molecular weight is 403 g/mol. The van der Waals surface area contributed by atoms with E-state index in [2.05, 4.69) is 4.74 Å². The van der Waals surface area contributed by atoms with Gasteiger partial charge in [0, 0.05) is 19.2 Å². The van der Waals surface area contributed by atoms with Gasteiger partial charge in [-0.05, 0) is 30.9 Å². The monoisotopic (exact) mass is 403 g/mol. The number of nitro groups is 1. The number of nitrogens with zero attached hydrogens (tertiary/aromatic N) is 2. The first kappa shape index (κ1) is 21.5. The van der Waals surface area contributed by atoms with E-state index in [0.717, 1.165) is 18.9 Å². The molecule has 1 N–H and O–H groups in total. The highest BCUT2D eigenvalue weighted by Crippen LogP contribution is 2.32. The summed E-state index contributed by atoms with van der Waals surface area (Å²) in [5.41, 5.74) is -0.0507. The van der Waals surface area contributed by atoms with Gasteiger partial charge < -0.3 is 15.0 Å². The van der Waals surface area contributed by atoms with E-state index in [1.54, 1.807) is 5.32 Å². The van der Waals surface area contributed by atoms with Crippen LogP contribution in [0, 0.1) is 16.0 Å². The second-order valence-corrected chi connectivity index (χ2v) is 6.62. The Labute approximate surface area is 158 Å². The molecular formula is C17H20F3N3O5. The quantitative estimate of drug-likeness (QED) is 0.445. The second-order valence-electron chi connectivity index (χ2n) is 6.62.